The molecule has 1 aliphatic heterocycles. The van der Waals surface area contributed by atoms with Crippen LogP contribution in [0, 0.1) is 11.3 Å². The first kappa shape index (κ1) is 12.3. The van der Waals surface area contributed by atoms with E-state index in [1.54, 1.807) is 24.3 Å². The van der Waals surface area contributed by atoms with Gasteiger partial charge in [-0.25, -0.2) is 0 Å². The van der Waals surface area contributed by atoms with Gasteiger partial charge in [0.25, 0.3) is 0 Å². The summed E-state index contributed by atoms with van der Waals surface area (Å²) in [7, 11) is 0. The lowest BCUT2D eigenvalue weighted by Gasteiger charge is -2.22. The summed E-state index contributed by atoms with van der Waals surface area (Å²) in [6.45, 7) is 2.48. The van der Waals surface area contributed by atoms with E-state index in [0.29, 0.717) is 12.2 Å². The van der Waals surface area contributed by atoms with Gasteiger partial charge < -0.3 is 9.84 Å². The van der Waals surface area contributed by atoms with Gasteiger partial charge in [-0.05, 0) is 48.4 Å². The molecule has 3 heteroatoms. The molecule has 0 unspecified atom stereocenters. The van der Waals surface area contributed by atoms with Crippen molar-refractivity contribution in [2.75, 3.05) is 6.61 Å². The number of aromatic hydroxyl groups is 1. The van der Waals surface area contributed by atoms with E-state index in [0.717, 1.165) is 28.0 Å². The molecule has 1 aliphatic rings. The predicted octanol–water partition coefficient (Wildman–Crippen LogP) is 3.59. The molecule has 1 N–H and O–H groups in total. The second-order valence-electron chi connectivity index (χ2n) is 4.77. The zero-order valence-electron chi connectivity index (χ0n) is 11.1. The minimum Gasteiger partial charge on any atom is -0.508 e. The lowest BCUT2D eigenvalue weighted by molar-refractivity contribution is 0.363. The van der Waals surface area contributed by atoms with Crippen molar-refractivity contribution in [3.05, 3.63) is 59.2 Å². The topological polar surface area (TPSA) is 53.2 Å². The van der Waals surface area contributed by atoms with Crippen molar-refractivity contribution in [3.63, 3.8) is 0 Å². The van der Waals surface area contributed by atoms with Gasteiger partial charge in [0, 0.05) is 11.1 Å². The third-order valence-corrected chi connectivity index (χ3v) is 3.53. The largest absolute Gasteiger partial charge is 0.508 e. The normalized spacial score (nSPS) is 13.4. The highest BCUT2D eigenvalue weighted by Gasteiger charge is 2.18. The maximum Gasteiger partial charge on any atom is 0.127 e. The SMILES string of the molecule is CC1=C(c2cccc(C#N)c2)COc2ccc(O)cc21. The Bertz CT molecular complexity index is 754. The van der Waals surface area contributed by atoms with Crippen LogP contribution in [0.4, 0.5) is 0 Å². The van der Waals surface area contributed by atoms with Crippen LogP contribution in [-0.4, -0.2) is 11.7 Å². The third kappa shape index (κ3) is 2.02. The number of phenols is 1. The quantitative estimate of drug-likeness (QED) is 0.855. The Balaban J connectivity index is 2.14. The maximum atomic E-state index is 9.62. The van der Waals surface area contributed by atoms with Crippen LogP contribution in [-0.2, 0) is 0 Å². The Hall–Kier alpha value is -2.73. The molecule has 20 heavy (non-hydrogen) atoms. The summed E-state index contributed by atoms with van der Waals surface area (Å²) in [5.74, 6) is 0.999. The van der Waals surface area contributed by atoms with E-state index < -0.39 is 0 Å². The van der Waals surface area contributed by atoms with Crippen LogP contribution < -0.4 is 4.74 Å². The number of nitrogens with zero attached hydrogens (tertiary/aromatic N) is 1. The van der Waals surface area contributed by atoms with Crippen LogP contribution in [0.2, 0.25) is 0 Å². The summed E-state index contributed by atoms with van der Waals surface area (Å²) in [6.07, 6.45) is 0. The highest BCUT2D eigenvalue weighted by molar-refractivity contribution is 5.94. The molecule has 0 bridgehead atoms. The lowest BCUT2D eigenvalue weighted by Crippen LogP contribution is -2.09. The molecule has 2 aromatic rings. The molecule has 0 spiro atoms. The zero-order valence-corrected chi connectivity index (χ0v) is 11.1. The van der Waals surface area contributed by atoms with Crippen LogP contribution >= 0.6 is 0 Å². The van der Waals surface area contributed by atoms with Gasteiger partial charge in [-0.2, -0.15) is 5.26 Å². The van der Waals surface area contributed by atoms with E-state index in [2.05, 4.69) is 6.07 Å². The predicted molar refractivity (Wildman–Crippen MR) is 77.2 cm³/mol. The van der Waals surface area contributed by atoms with Crippen molar-refractivity contribution in [3.8, 4) is 17.6 Å². The second-order valence-corrected chi connectivity index (χ2v) is 4.77. The van der Waals surface area contributed by atoms with Gasteiger partial charge in [-0.1, -0.05) is 12.1 Å². The van der Waals surface area contributed by atoms with Gasteiger partial charge in [-0.3, -0.25) is 0 Å². The van der Waals surface area contributed by atoms with Crippen LogP contribution in [0.1, 0.15) is 23.6 Å². The molecule has 2 aromatic carbocycles. The number of hydrogen-bond donors (Lipinski definition) is 1. The summed E-state index contributed by atoms with van der Waals surface area (Å²) < 4.78 is 5.74. The standard InChI is InChI=1S/C17H13NO2/c1-11-15-8-14(19)5-6-17(15)20-10-16(11)13-4-2-3-12(7-13)9-18/h2-8,19H,10H2,1H3. The van der Waals surface area contributed by atoms with Crippen molar-refractivity contribution < 1.29 is 9.84 Å². The first-order valence-corrected chi connectivity index (χ1v) is 6.35. The number of fused-ring (bicyclic) bond motifs is 1. The van der Waals surface area contributed by atoms with E-state index in [4.69, 9.17) is 10.00 Å². The number of nitriles is 1. The number of rotatable bonds is 1. The Morgan fingerprint density at radius 3 is 2.85 bits per heavy atom. The van der Waals surface area contributed by atoms with Gasteiger partial charge in [0.15, 0.2) is 0 Å². The fraction of sp³-hybridized carbons (Fsp3) is 0.118. The summed E-state index contributed by atoms with van der Waals surface area (Å²) >= 11 is 0. The minimum atomic E-state index is 0.221. The van der Waals surface area contributed by atoms with Gasteiger partial charge in [0.05, 0.1) is 11.6 Å². The number of allylic oxidation sites excluding steroid dienone is 1. The summed E-state index contributed by atoms with van der Waals surface area (Å²) in [5, 5.41) is 18.6. The minimum absolute atomic E-state index is 0.221. The lowest BCUT2D eigenvalue weighted by atomic mass is 9.93. The molecule has 98 valence electrons. The number of phenolic OH excluding ortho intramolecular Hbond substituents is 1. The van der Waals surface area contributed by atoms with Gasteiger partial charge in [0.2, 0.25) is 0 Å². The number of hydrogen-bond acceptors (Lipinski definition) is 3. The maximum absolute atomic E-state index is 9.62. The molecular weight excluding hydrogens is 250 g/mol. The number of ether oxygens (including phenoxy) is 1. The van der Waals surface area contributed by atoms with Gasteiger partial charge in [0.1, 0.15) is 18.1 Å². The van der Waals surface area contributed by atoms with Crippen molar-refractivity contribution in [2.45, 2.75) is 6.92 Å². The average molecular weight is 263 g/mol. The van der Waals surface area contributed by atoms with Crippen LogP contribution in [0.15, 0.2) is 42.5 Å². The summed E-state index contributed by atoms with van der Waals surface area (Å²) in [4.78, 5) is 0. The highest BCUT2D eigenvalue weighted by atomic mass is 16.5. The molecule has 0 fully saturated rings. The second kappa shape index (κ2) is 4.75. The highest BCUT2D eigenvalue weighted by Crippen LogP contribution is 2.38. The Labute approximate surface area is 117 Å². The summed E-state index contributed by atoms with van der Waals surface area (Å²) in [6, 6.07) is 14.7. The molecule has 0 saturated heterocycles. The molecule has 0 atom stereocenters. The molecule has 0 amide bonds. The van der Waals surface area contributed by atoms with Gasteiger partial charge in [-0.15, -0.1) is 0 Å². The fourth-order valence-electron chi connectivity index (χ4n) is 2.43. The molecule has 0 aromatic heterocycles. The van der Waals surface area contributed by atoms with Gasteiger partial charge >= 0.3 is 0 Å². The molecule has 0 radical (unpaired) electrons. The molecular formula is C17H13NO2. The van der Waals surface area contributed by atoms with Crippen molar-refractivity contribution in [2.24, 2.45) is 0 Å². The Morgan fingerprint density at radius 2 is 2.05 bits per heavy atom. The molecule has 1 heterocycles. The van der Waals surface area contributed by atoms with E-state index >= 15 is 0 Å². The van der Waals surface area contributed by atoms with Crippen LogP contribution in [0.25, 0.3) is 11.1 Å². The molecule has 0 saturated carbocycles. The van der Waals surface area contributed by atoms with Crippen molar-refractivity contribution in [1.29, 1.82) is 5.26 Å². The summed E-state index contributed by atoms with van der Waals surface area (Å²) in [5.41, 5.74) is 4.62. The van der Waals surface area contributed by atoms with E-state index in [1.165, 1.54) is 0 Å². The van der Waals surface area contributed by atoms with Crippen molar-refractivity contribution >= 4 is 11.1 Å². The zero-order chi connectivity index (χ0) is 14.1. The molecule has 3 nitrogen and oxygen atoms in total. The Morgan fingerprint density at radius 1 is 1.20 bits per heavy atom. The van der Waals surface area contributed by atoms with Crippen LogP contribution in [0.5, 0.6) is 11.5 Å². The van der Waals surface area contributed by atoms with E-state index in [9.17, 15) is 5.11 Å². The Kier molecular flexibility index (Phi) is 2.92. The first-order valence-electron chi connectivity index (χ1n) is 6.35. The average Bonchev–Trinajstić information content (AvgIpc) is 2.48. The molecule has 0 aliphatic carbocycles. The van der Waals surface area contributed by atoms with Crippen LogP contribution in [0.3, 0.4) is 0 Å². The third-order valence-electron chi connectivity index (χ3n) is 3.53. The fourth-order valence-corrected chi connectivity index (χ4v) is 2.43. The monoisotopic (exact) mass is 263 g/mol. The number of benzene rings is 2. The van der Waals surface area contributed by atoms with Crippen molar-refractivity contribution in [1.82, 2.24) is 0 Å². The smallest absolute Gasteiger partial charge is 0.127 e. The van der Waals surface area contributed by atoms with E-state index in [1.807, 2.05) is 25.1 Å². The molecule has 3 rings (SSSR count). The first-order chi connectivity index (χ1) is 9.69. The van der Waals surface area contributed by atoms with E-state index in [-0.39, 0.29) is 5.75 Å².